The maximum Gasteiger partial charge on any atom is 0.422 e. The number of hydrogen-bond donors (Lipinski definition) is 2. The van der Waals surface area contributed by atoms with Crippen molar-refractivity contribution in [1.29, 1.82) is 0 Å². The first-order valence-electron chi connectivity index (χ1n) is 10.6. The van der Waals surface area contributed by atoms with Gasteiger partial charge in [0.25, 0.3) is 0 Å². The van der Waals surface area contributed by atoms with E-state index in [4.69, 9.17) is 16.7 Å². The minimum absolute atomic E-state index is 0.166. The summed E-state index contributed by atoms with van der Waals surface area (Å²) in [5.74, 6) is -1.35. The van der Waals surface area contributed by atoms with E-state index in [9.17, 15) is 23.1 Å². The van der Waals surface area contributed by atoms with Crippen LogP contribution in [-0.4, -0.2) is 34.8 Å². The first-order chi connectivity index (χ1) is 16.1. The van der Waals surface area contributed by atoms with Crippen LogP contribution in [0.5, 0.6) is 0 Å². The number of benzene rings is 2. The van der Waals surface area contributed by atoms with Crippen LogP contribution >= 0.6 is 11.6 Å². The van der Waals surface area contributed by atoms with Gasteiger partial charge < -0.3 is 10.2 Å². The molecule has 34 heavy (non-hydrogen) atoms. The molecule has 3 aromatic rings. The van der Waals surface area contributed by atoms with Gasteiger partial charge in [-0.3, -0.25) is 9.78 Å². The summed E-state index contributed by atoms with van der Waals surface area (Å²) in [7, 11) is 1.00. The average molecular weight is 494 g/mol. The highest BCUT2D eigenvalue weighted by Crippen LogP contribution is 2.49. The molecule has 1 heterocycles. The highest BCUT2D eigenvalue weighted by atomic mass is 35.5. The van der Waals surface area contributed by atoms with E-state index in [1.54, 1.807) is 37.3 Å². The summed E-state index contributed by atoms with van der Waals surface area (Å²) in [6.45, 7) is 2.89. The van der Waals surface area contributed by atoms with Gasteiger partial charge in [-0.25, -0.2) is 0 Å². The number of aryl methyl sites for hydroxylation is 3. The zero-order chi connectivity index (χ0) is 25.5. The van der Waals surface area contributed by atoms with Crippen LogP contribution in [-0.2, 0) is 18.4 Å². The molecule has 4 nitrogen and oxygen atoms in total. The Morgan fingerprint density at radius 1 is 1.00 bits per heavy atom. The molecule has 0 aliphatic heterocycles. The molecule has 0 aliphatic carbocycles. The predicted molar refractivity (Wildman–Crippen MR) is 126 cm³/mol. The lowest BCUT2D eigenvalue weighted by molar-refractivity contribution is -0.274. The number of carbonyl (C=O) groups is 1. The second-order valence-electron chi connectivity index (χ2n) is 7.89. The number of carbonyl (C=O) groups excluding carboxylic acids is 1. The van der Waals surface area contributed by atoms with Crippen LogP contribution in [0.4, 0.5) is 13.2 Å². The van der Waals surface area contributed by atoms with Gasteiger partial charge in [0.1, 0.15) is 6.29 Å². The largest absolute Gasteiger partial charge is 0.422 e. The summed E-state index contributed by atoms with van der Waals surface area (Å²) < 4.78 is 42.3. The molecule has 8 heteroatoms. The van der Waals surface area contributed by atoms with Crippen molar-refractivity contribution in [2.24, 2.45) is 0 Å². The van der Waals surface area contributed by atoms with Crippen LogP contribution in [0, 0.1) is 6.92 Å². The first kappa shape index (κ1) is 27.5. The van der Waals surface area contributed by atoms with Crippen molar-refractivity contribution in [3.8, 4) is 0 Å². The molecule has 0 amide bonds. The Morgan fingerprint density at radius 2 is 1.59 bits per heavy atom. The number of aliphatic hydroxyl groups excluding tert-OH is 1. The van der Waals surface area contributed by atoms with Crippen molar-refractivity contribution in [1.82, 2.24) is 4.98 Å². The van der Waals surface area contributed by atoms with Gasteiger partial charge >= 0.3 is 6.18 Å². The van der Waals surface area contributed by atoms with Crippen LogP contribution in [0.15, 0.2) is 60.8 Å². The Kier molecular flexibility index (Phi) is 9.38. The molecule has 0 saturated heterocycles. The number of aromatic nitrogens is 1. The zero-order valence-electron chi connectivity index (χ0n) is 19.1. The summed E-state index contributed by atoms with van der Waals surface area (Å²) in [5, 5.41) is 18.1. The molecular weight excluding hydrogens is 467 g/mol. The molecular formula is C26H27ClF3NO3. The van der Waals surface area contributed by atoms with Gasteiger partial charge in [0, 0.05) is 35.5 Å². The number of alkyl halides is 3. The van der Waals surface area contributed by atoms with E-state index in [2.05, 4.69) is 4.98 Å². The minimum atomic E-state index is -4.92. The van der Waals surface area contributed by atoms with Crippen LogP contribution < -0.4 is 0 Å². The monoisotopic (exact) mass is 493 g/mol. The van der Waals surface area contributed by atoms with Gasteiger partial charge in [-0.1, -0.05) is 54.9 Å². The van der Waals surface area contributed by atoms with E-state index in [1.807, 2.05) is 12.1 Å². The highest BCUT2D eigenvalue weighted by Gasteiger charge is 2.59. The van der Waals surface area contributed by atoms with Crippen LogP contribution in [0.2, 0.25) is 5.02 Å². The maximum absolute atomic E-state index is 14.1. The summed E-state index contributed by atoms with van der Waals surface area (Å²) >= 11 is 6.39. The first-order valence-corrected chi connectivity index (χ1v) is 10.9. The fraction of sp³-hybridized carbons (Fsp3) is 0.308. The van der Waals surface area contributed by atoms with Crippen molar-refractivity contribution in [2.75, 3.05) is 7.11 Å². The predicted octanol–water partition coefficient (Wildman–Crippen LogP) is 5.80. The van der Waals surface area contributed by atoms with Crippen LogP contribution in [0.1, 0.15) is 51.1 Å². The Morgan fingerprint density at radius 3 is 2.12 bits per heavy atom. The lowest BCUT2D eigenvalue weighted by Gasteiger charge is -2.37. The second-order valence-corrected chi connectivity index (χ2v) is 8.29. The molecule has 0 aliphatic rings. The van der Waals surface area contributed by atoms with E-state index in [-0.39, 0.29) is 16.1 Å². The number of rotatable bonds is 7. The van der Waals surface area contributed by atoms with Crippen molar-refractivity contribution in [2.45, 2.75) is 44.4 Å². The van der Waals surface area contributed by atoms with Crippen molar-refractivity contribution >= 4 is 17.9 Å². The molecule has 0 radical (unpaired) electrons. The number of aliphatic hydroxyl groups is 2. The SMILES string of the molecule is CO.Cc1cc(C(O)(C(C)c2ccc(CCc3ccc(C=O)cc3)cc2Cl)C(F)(F)F)ccn1. The van der Waals surface area contributed by atoms with Crippen molar-refractivity contribution in [3.63, 3.8) is 0 Å². The number of aldehydes is 1. The smallest absolute Gasteiger partial charge is 0.400 e. The summed E-state index contributed by atoms with van der Waals surface area (Å²) in [5.41, 5.74) is -0.323. The maximum atomic E-state index is 14.1. The normalized spacial score (nSPS) is 13.9. The lowest BCUT2D eigenvalue weighted by Crippen LogP contribution is -2.46. The Bertz CT molecular complexity index is 1100. The molecule has 0 fully saturated rings. The van der Waals surface area contributed by atoms with Gasteiger partial charge in [-0.05, 0) is 60.2 Å². The average Bonchev–Trinajstić information content (AvgIpc) is 2.82. The second kappa shape index (κ2) is 11.6. The molecule has 2 N–H and O–H groups in total. The topological polar surface area (TPSA) is 70.4 Å². The number of nitrogens with zero attached hydrogens (tertiary/aromatic N) is 1. The van der Waals surface area contributed by atoms with Gasteiger partial charge in [-0.2, -0.15) is 13.2 Å². The summed E-state index contributed by atoms with van der Waals surface area (Å²) in [6.07, 6.45) is -1.58. The fourth-order valence-corrected chi connectivity index (χ4v) is 4.16. The Hall–Kier alpha value is -2.74. The van der Waals surface area contributed by atoms with Gasteiger partial charge in [0.05, 0.1) is 0 Å². The van der Waals surface area contributed by atoms with E-state index in [0.717, 1.165) is 24.5 Å². The fourth-order valence-electron chi connectivity index (χ4n) is 3.80. The molecule has 2 aromatic carbocycles. The summed E-state index contributed by atoms with van der Waals surface area (Å²) in [6, 6.07) is 14.5. The van der Waals surface area contributed by atoms with Crippen LogP contribution in [0.25, 0.3) is 0 Å². The number of halogens is 4. The van der Waals surface area contributed by atoms with Gasteiger partial charge in [0.2, 0.25) is 0 Å². The Balaban J connectivity index is 0.00000199. The quantitative estimate of drug-likeness (QED) is 0.408. The molecule has 0 saturated carbocycles. The van der Waals surface area contributed by atoms with Gasteiger partial charge in [-0.15, -0.1) is 0 Å². The molecule has 2 unspecified atom stereocenters. The minimum Gasteiger partial charge on any atom is -0.400 e. The zero-order valence-corrected chi connectivity index (χ0v) is 19.9. The molecule has 1 aromatic heterocycles. The Labute approximate surface area is 202 Å². The lowest BCUT2D eigenvalue weighted by atomic mass is 9.77. The molecule has 182 valence electrons. The van der Waals surface area contributed by atoms with E-state index in [0.29, 0.717) is 24.1 Å². The standard InChI is InChI=1S/C25H23ClF3NO2.CH4O/c1-16-13-21(11-12-30-16)24(32,25(27,28)29)17(2)22-10-9-19(14-23(22)26)6-3-18-4-7-20(15-31)8-5-18;1-2/h4-5,7-15,17,32H,3,6H2,1-2H3;2H,1H3. The van der Waals surface area contributed by atoms with E-state index >= 15 is 0 Å². The van der Waals surface area contributed by atoms with Crippen molar-refractivity contribution in [3.05, 3.63) is 99.3 Å². The van der Waals surface area contributed by atoms with Gasteiger partial charge in [0.15, 0.2) is 5.60 Å². The third-order valence-electron chi connectivity index (χ3n) is 5.75. The van der Waals surface area contributed by atoms with E-state index < -0.39 is 17.7 Å². The molecule has 2 atom stereocenters. The number of hydrogen-bond acceptors (Lipinski definition) is 4. The molecule has 0 spiro atoms. The third-order valence-corrected chi connectivity index (χ3v) is 6.07. The summed E-state index contributed by atoms with van der Waals surface area (Å²) in [4.78, 5) is 14.7. The highest BCUT2D eigenvalue weighted by molar-refractivity contribution is 6.31. The third kappa shape index (κ3) is 6.03. The molecule has 3 rings (SSSR count). The van der Waals surface area contributed by atoms with Crippen LogP contribution in [0.3, 0.4) is 0 Å². The molecule has 0 bridgehead atoms. The van der Waals surface area contributed by atoms with Crippen molar-refractivity contribution < 1.29 is 28.2 Å². The van der Waals surface area contributed by atoms with E-state index in [1.165, 1.54) is 25.3 Å². The number of pyridine rings is 1.